The molecule has 26 heavy (non-hydrogen) atoms. The van der Waals surface area contributed by atoms with E-state index in [0.29, 0.717) is 19.6 Å². The minimum atomic E-state index is 0.250. The Kier molecular flexibility index (Phi) is 5.00. The zero-order valence-corrected chi connectivity index (χ0v) is 15.6. The summed E-state index contributed by atoms with van der Waals surface area (Å²) in [5.74, 6) is 0.287. The van der Waals surface area contributed by atoms with E-state index in [1.165, 1.54) is 23.8 Å². The fourth-order valence-electron chi connectivity index (χ4n) is 4.66. The van der Waals surface area contributed by atoms with Crippen LogP contribution in [0.2, 0.25) is 0 Å². The zero-order valence-electron chi connectivity index (χ0n) is 15.6. The Balaban J connectivity index is 1.43. The highest BCUT2D eigenvalue weighted by molar-refractivity contribution is 5.78. The molecule has 140 valence electrons. The molecule has 1 unspecified atom stereocenters. The fourth-order valence-corrected chi connectivity index (χ4v) is 4.66. The molecule has 2 aliphatic heterocycles. The van der Waals surface area contributed by atoms with E-state index in [-0.39, 0.29) is 11.3 Å². The highest BCUT2D eigenvalue weighted by Gasteiger charge is 2.41. The Morgan fingerprint density at radius 3 is 3.04 bits per heavy atom. The number of methoxy groups -OCH3 is 1. The van der Waals surface area contributed by atoms with Crippen LogP contribution in [0.4, 0.5) is 0 Å². The van der Waals surface area contributed by atoms with Crippen LogP contribution in [0, 0.1) is 5.41 Å². The normalized spacial score (nSPS) is 24.7. The van der Waals surface area contributed by atoms with Crippen molar-refractivity contribution < 1.29 is 13.9 Å². The number of fused-ring (bicyclic) bond motifs is 1. The first kappa shape index (κ1) is 17.6. The van der Waals surface area contributed by atoms with Gasteiger partial charge in [-0.1, -0.05) is 6.07 Å². The van der Waals surface area contributed by atoms with E-state index in [0.717, 1.165) is 38.2 Å². The summed E-state index contributed by atoms with van der Waals surface area (Å²) in [4.78, 5) is 16.8. The van der Waals surface area contributed by atoms with Crippen LogP contribution < -0.4 is 0 Å². The lowest BCUT2D eigenvalue weighted by Crippen LogP contribution is -2.54. The lowest BCUT2D eigenvalue weighted by Gasteiger charge is -2.48. The van der Waals surface area contributed by atoms with E-state index in [1.807, 2.05) is 11.0 Å². The molecule has 4 rings (SSSR count). The van der Waals surface area contributed by atoms with Crippen molar-refractivity contribution >= 4 is 16.9 Å². The predicted octanol–water partition coefficient (Wildman–Crippen LogP) is 3.28. The van der Waals surface area contributed by atoms with Gasteiger partial charge >= 0.3 is 0 Å². The number of hydrogen-bond donors (Lipinski definition) is 0. The van der Waals surface area contributed by atoms with Gasteiger partial charge in [0.15, 0.2) is 0 Å². The molecule has 1 amide bonds. The van der Waals surface area contributed by atoms with Gasteiger partial charge in [0.05, 0.1) is 12.9 Å². The van der Waals surface area contributed by atoms with E-state index in [1.54, 1.807) is 13.4 Å². The number of rotatable bonds is 5. The maximum absolute atomic E-state index is 12.2. The van der Waals surface area contributed by atoms with E-state index in [4.69, 9.17) is 9.15 Å². The second kappa shape index (κ2) is 7.41. The fraction of sp³-hybridized carbons (Fsp3) is 0.571. The molecule has 1 aromatic carbocycles. The third kappa shape index (κ3) is 3.64. The number of amides is 1. The number of nitrogens with zero attached hydrogens (tertiary/aromatic N) is 2. The van der Waals surface area contributed by atoms with Crippen LogP contribution >= 0.6 is 0 Å². The molecule has 0 bridgehead atoms. The molecule has 0 aliphatic carbocycles. The van der Waals surface area contributed by atoms with Gasteiger partial charge in [-0.05, 0) is 49.6 Å². The summed E-state index contributed by atoms with van der Waals surface area (Å²) in [7, 11) is 1.70. The summed E-state index contributed by atoms with van der Waals surface area (Å²) >= 11 is 0. The van der Waals surface area contributed by atoms with Crippen LogP contribution in [-0.2, 0) is 16.1 Å². The molecule has 5 heteroatoms. The quantitative estimate of drug-likeness (QED) is 0.825. The van der Waals surface area contributed by atoms with Crippen LogP contribution in [0.15, 0.2) is 34.9 Å². The van der Waals surface area contributed by atoms with Gasteiger partial charge in [-0.15, -0.1) is 0 Å². The molecule has 2 fully saturated rings. The first-order chi connectivity index (χ1) is 12.7. The molecule has 5 nitrogen and oxygen atoms in total. The molecule has 3 heterocycles. The molecule has 2 saturated heterocycles. The summed E-state index contributed by atoms with van der Waals surface area (Å²) < 4.78 is 10.6. The summed E-state index contributed by atoms with van der Waals surface area (Å²) in [6.45, 7) is 5.40. The standard InChI is InChI=1S/C21H28N2O3/c1-25-12-10-23-16-21(8-5-20(23)24)7-2-9-22(15-21)14-17-3-4-19-18(13-17)6-11-26-19/h3-4,6,11,13H,2,5,7-10,12,14-16H2,1H3. The second-order valence-electron chi connectivity index (χ2n) is 7.92. The number of hydrogen-bond acceptors (Lipinski definition) is 4. The van der Waals surface area contributed by atoms with Crippen molar-refractivity contribution in [3.63, 3.8) is 0 Å². The number of carbonyl (C=O) groups is 1. The number of piperidine rings is 2. The van der Waals surface area contributed by atoms with Gasteiger partial charge in [-0.2, -0.15) is 0 Å². The van der Waals surface area contributed by atoms with Crippen molar-refractivity contribution in [2.24, 2.45) is 5.41 Å². The lowest BCUT2D eigenvalue weighted by molar-refractivity contribution is -0.140. The Bertz CT molecular complexity index is 771. The van der Waals surface area contributed by atoms with Gasteiger partial charge in [0.2, 0.25) is 5.91 Å². The van der Waals surface area contributed by atoms with Crippen LogP contribution in [0.1, 0.15) is 31.2 Å². The van der Waals surface area contributed by atoms with Gasteiger partial charge in [0.1, 0.15) is 5.58 Å². The van der Waals surface area contributed by atoms with E-state index >= 15 is 0 Å². The predicted molar refractivity (Wildman–Crippen MR) is 101 cm³/mol. The van der Waals surface area contributed by atoms with E-state index < -0.39 is 0 Å². The largest absolute Gasteiger partial charge is 0.464 e. The summed E-state index contributed by atoms with van der Waals surface area (Å²) in [5.41, 5.74) is 2.53. The topological polar surface area (TPSA) is 45.9 Å². The highest BCUT2D eigenvalue weighted by atomic mass is 16.5. The molecule has 1 atom stereocenters. The van der Waals surface area contributed by atoms with Gasteiger partial charge < -0.3 is 14.1 Å². The summed E-state index contributed by atoms with van der Waals surface area (Å²) in [6.07, 6.45) is 5.88. The van der Waals surface area contributed by atoms with E-state index in [2.05, 4.69) is 23.1 Å². The van der Waals surface area contributed by atoms with Gasteiger partial charge in [0.25, 0.3) is 0 Å². The average molecular weight is 356 g/mol. The van der Waals surface area contributed by atoms with Crippen LogP contribution in [0.25, 0.3) is 11.0 Å². The monoisotopic (exact) mass is 356 g/mol. The molecule has 1 spiro atoms. The Morgan fingerprint density at radius 1 is 1.23 bits per heavy atom. The number of likely N-dealkylation sites (tertiary alicyclic amines) is 2. The summed E-state index contributed by atoms with van der Waals surface area (Å²) in [6, 6.07) is 8.49. The van der Waals surface area contributed by atoms with Crippen LogP contribution in [0.5, 0.6) is 0 Å². The first-order valence-corrected chi connectivity index (χ1v) is 9.63. The van der Waals surface area contributed by atoms with E-state index in [9.17, 15) is 4.79 Å². The Morgan fingerprint density at radius 2 is 2.15 bits per heavy atom. The van der Waals surface area contributed by atoms with Crippen molar-refractivity contribution in [3.05, 3.63) is 36.1 Å². The van der Waals surface area contributed by atoms with Crippen LogP contribution in [0.3, 0.4) is 0 Å². The van der Waals surface area contributed by atoms with Crippen molar-refractivity contribution in [1.29, 1.82) is 0 Å². The first-order valence-electron chi connectivity index (χ1n) is 9.63. The molecule has 0 N–H and O–H groups in total. The molecular weight excluding hydrogens is 328 g/mol. The van der Waals surface area contributed by atoms with Gasteiger partial charge in [-0.3, -0.25) is 9.69 Å². The average Bonchev–Trinajstić information content (AvgIpc) is 3.11. The summed E-state index contributed by atoms with van der Waals surface area (Å²) in [5, 5.41) is 1.17. The highest BCUT2D eigenvalue weighted by Crippen LogP contribution is 2.39. The lowest BCUT2D eigenvalue weighted by atomic mass is 9.73. The van der Waals surface area contributed by atoms with Crippen molar-refractivity contribution in [1.82, 2.24) is 9.80 Å². The van der Waals surface area contributed by atoms with Crippen molar-refractivity contribution in [2.45, 2.75) is 32.2 Å². The van der Waals surface area contributed by atoms with Gasteiger partial charge in [0, 0.05) is 50.5 Å². The van der Waals surface area contributed by atoms with Crippen molar-refractivity contribution in [3.8, 4) is 0 Å². The maximum Gasteiger partial charge on any atom is 0.222 e. The molecule has 1 aromatic heterocycles. The third-order valence-electron chi connectivity index (χ3n) is 5.98. The Hall–Kier alpha value is -1.85. The molecule has 0 radical (unpaired) electrons. The van der Waals surface area contributed by atoms with Crippen molar-refractivity contribution in [2.75, 3.05) is 39.9 Å². The smallest absolute Gasteiger partial charge is 0.222 e. The third-order valence-corrected chi connectivity index (χ3v) is 5.98. The Labute approximate surface area is 154 Å². The second-order valence-corrected chi connectivity index (χ2v) is 7.92. The van der Waals surface area contributed by atoms with Crippen LogP contribution in [-0.4, -0.2) is 55.6 Å². The minimum Gasteiger partial charge on any atom is -0.464 e. The SMILES string of the molecule is COCCN1CC2(CCCN(Cc3ccc4occc4c3)C2)CCC1=O. The van der Waals surface area contributed by atoms with Gasteiger partial charge in [-0.25, -0.2) is 0 Å². The molecule has 2 aromatic rings. The molecular formula is C21H28N2O3. The minimum absolute atomic E-state index is 0.250. The number of furan rings is 1. The number of carbonyl (C=O) groups excluding carboxylic acids is 1. The molecule has 0 saturated carbocycles. The molecule has 2 aliphatic rings. The number of benzene rings is 1. The zero-order chi connectivity index (χ0) is 18.0. The maximum atomic E-state index is 12.2. The number of ether oxygens (including phenoxy) is 1.